The van der Waals surface area contributed by atoms with Gasteiger partial charge in [-0.15, -0.1) is 11.3 Å². The summed E-state index contributed by atoms with van der Waals surface area (Å²) in [6.07, 6.45) is 1.06. The molecule has 1 saturated heterocycles. The molecule has 21 heteroatoms. The van der Waals surface area contributed by atoms with E-state index < -0.39 is 36.2 Å². The lowest BCUT2D eigenvalue weighted by Gasteiger charge is -2.36. The maximum Gasteiger partial charge on any atom is 0.414 e. The minimum Gasteiger partial charge on any atom is -0.508 e. The zero-order valence-corrected chi connectivity index (χ0v) is 43.1. The fraction of sp³-hybridized carbons (Fsp3) is 0.327. The van der Waals surface area contributed by atoms with E-state index in [1.807, 2.05) is 24.3 Å². The zero-order chi connectivity index (χ0) is 49.5. The number of rotatable bonds is 17. The van der Waals surface area contributed by atoms with Gasteiger partial charge in [0.1, 0.15) is 29.6 Å². The third-order valence-corrected chi connectivity index (χ3v) is 16.4. The van der Waals surface area contributed by atoms with Gasteiger partial charge in [0.15, 0.2) is 27.9 Å². The Hall–Kier alpha value is -5.71. The summed E-state index contributed by atoms with van der Waals surface area (Å²) in [5.41, 5.74) is 2.56. The molecule has 16 nitrogen and oxygen atoms in total. The van der Waals surface area contributed by atoms with Gasteiger partial charge in [0, 0.05) is 64.3 Å². The van der Waals surface area contributed by atoms with E-state index in [1.54, 1.807) is 70.7 Å². The number of carbonyl (C=O) groups is 4. The van der Waals surface area contributed by atoms with E-state index in [9.17, 15) is 29.4 Å². The van der Waals surface area contributed by atoms with Crippen molar-refractivity contribution in [3.05, 3.63) is 110 Å². The van der Waals surface area contributed by atoms with Gasteiger partial charge in [-0.2, -0.15) is 0 Å². The van der Waals surface area contributed by atoms with Gasteiger partial charge in [-0.1, -0.05) is 39.8 Å². The molecule has 0 radical (unpaired) electrons. The van der Waals surface area contributed by atoms with Crippen LogP contribution < -0.4 is 25.0 Å². The highest BCUT2D eigenvalue weighted by Gasteiger charge is 2.53. The molecule has 368 valence electrons. The Morgan fingerprint density at radius 3 is 2.30 bits per heavy atom. The Labute approximate surface area is 429 Å². The summed E-state index contributed by atoms with van der Waals surface area (Å²) < 4.78 is 34.7. The van der Waals surface area contributed by atoms with E-state index in [1.165, 1.54) is 24.3 Å². The summed E-state index contributed by atoms with van der Waals surface area (Å²) in [5.74, 6) is 0.248. The predicted molar refractivity (Wildman–Crippen MR) is 277 cm³/mol. The lowest BCUT2D eigenvalue weighted by Crippen LogP contribution is -2.47. The molecule has 3 aliphatic heterocycles. The minimum absolute atomic E-state index is 0.0248. The van der Waals surface area contributed by atoms with Crippen molar-refractivity contribution >= 4 is 102 Å². The molecule has 1 fully saturated rings. The molecule has 1 amide bonds. The molecule has 0 aliphatic carbocycles. The highest BCUT2D eigenvalue weighted by Crippen LogP contribution is 2.57. The molecule has 0 unspecified atom stereocenters. The summed E-state index contributed by atoms with van der Waals surface area (Å²) in [4.78, 5) is 57.5. The summed E-state index contributed by atoms with van der Waals surface area (Å²) in [7, 11) is 5.23. The van der Waals surface area contributed by atoms with Crippen LogP contribution in [-0.4, -0.2) is 115 Å². The van der Waals surface area contributed by atoms with Crippen LogP contribution in [0, 0.1) is 0 Å². The van der Waals surface area contributed by atoms with E-state index in [-0.39, 0.29) is 48.0 Å². The van der Waals surface area contributed by atoms with Crippen LogP contribution in [0.4, 0.5) is 16.2 Å². The van der Waals surface area contributed by atoms with Gasteiger partial charge in [-0.3, -0.25) is 4.90 Å². The van der Waals surface area contributed by atoms with Crippen molar-refractivity contribution in [1.29, 1.82) is 0 Å². The van der Waals surface area contributed by atoms with Gasteiger partial charge in [-0.25, -0.2) is 19.2 Å². The first-order valence-electron chi connectivity index (χ1n) is 22.4. The number of thiophene rings is 1. The number of halogens is 1. The number of amides is 1. The summed E-state index contributed by atoms with van der Waals surface area (Å²) in [6.45, 7) is 5.71. The first kappa shape index (κ1) is 50.7. The fourth-order valence-corrected chi connectivity index (χ4v) is 12.3. The number of piperidine rings is 1. The molecular weight excluding hydrogens is 1040 g/mol. The molecule has 70 heavy (non-hydrogen) atoms. The summed E-state index contributed by atoms with van der Waals surface area (Å²) >= 11 is 10.4. The third-order valence-electron chi connectivity index (χ3n) is 11.5. The molecule has 0 bridgehead atoms. The largest absolute Gasteiger partial charge is 0.508 e. The van der Waals surface area contributed by atoms with E-state index in [0.717, 1.165) is 42.8 Å². The van der Waals surface area contributed by atoms with E-state index in [0.29, 0.717) is 77.6 Å². The topological polar surface area (TPSA) is 195 Å². The number of fused-ring (bicyclic) bond motifs is 6. The number of phenols is 2. The summed E-state index contributed by atoms with van der Waals surface area (Å²) in [5, 5.41) is 27.1. The van der Waals surface area contributed by atoms with Gasteiger partial charge >= 0.3 is 24.0 Å². The maximum absolute atomic E-state index is 14.0. The highest BCUT2D eigenvalue weighted by atomic mass is 79.9. The molecule has 3 aliphatic rings. The number of aromatic hydroxyl groups is 2. The fourth-order valence-electron chi connectivity index (χ4n) is 8.41. The molecular formula is C49H49BrN4O12S4. The van der Waals surface area contributed by atoms with Crippen LogP contribution in [0.1, 0.15) is 63.4 Å². The molecule has 1 spiro atoms. The Bertz CT molecular complexity index is 2750. The number of hydrogen-bond acceptors (Lipinski definition) is 17. The van der Waals surface area contributed by atoms with Crippen molar-refractivity contribution in [3.63, 3.8) is 0 Å². The Balaban J connectivity index is 0.847. The Morgan fingerprint density at radius 2 is 1.60 bits per heavy atom. The average Bonchev–Trinajstić information content (AvgIpc) is 3.82. The number of nitrogens with one attached hydrogen (secondary N) is 2. The first-order valence-corrected chi connectivity index (χ1v) is 26.9. The molecule has 4 aromatic carbocycles. The number of esters is 3. The minimum atomic E-state index is -1.36. The van der Waals surface area contributed by atoms with Crippen LogP contribution in [0.15, 0.2) is 83.3 Å². The number of thiocarbonyl (C=S) groups is 1. The first-order chi connectivity index (χ1) is 33.8. The molecule has 1 aromatic heterocycles. The highest BCUT2D eigenvalue weighted by molar-refractivity contribution is 9.10. The van der Waals surface area contributed by atoms with Crippen molar-refractivity contribution in [1.82, 2.24) is 10.2 Å². The Kier molecular flexibility index (Phi) is 16.3. The quantitative estimate of drug-likeness (QED) is 0.0226. The number of benzene rings is 4. The second-order valence-corrected chi connectivity index (χ2v) is 21.0. The van der Waals surface area contributed by atoms with Crippen molar-refractivity contribution in [2.24, 2.45) is 0 Å². The predicted octanol–water partition coefficient (Wildman–Crippen LogP) is 9.68. The van der Waals surface area contributed by atoms with Gasteiger partial charge in [0.05, 0.1) is 28.1 Å². The lowest BCUT2D eigenvalue weighted by molar-refractivity contribution is -0.145. The van der Waals surface area contributed by atoms with Crippen molar-refractivity contribution in [2.45, 2.75) is 38.3 Å². The standard InChI is InChI=1S/C49H49BrN4O12S4/c1-4-61-40(57)27-64-42-41(50)43(70-44(42)46(59)62-5-2)28-7-6-8-31(23-28)54(30-15-18-53(3)19-16-30)48(60)63-20-22-69-68-21-17-51-47(67)52-29-9-12-35-34(24-29)45(58)66-49(35)36-13-10-32(55)25-38(36)65-39-26-33(56)11-14-37(39)49/h6-14,23-26,30,55-56H,4-5,15-22,27H2,1-3H3,(H2,51,52,67). The Morgan fingerprint density at radius 1 is 0.914 bits per heavy atom. The average molecular weight is 1090 g/mol. The second kappa shape index (κ2) is 22.6. The number of anilines is 2. The monoisotopic (exact) mass is 1090 g/mol. The van der Waals surface area contributed by atoms with E-state index in [2.05, 4.69) is 38.5 Å². The van der Waals surface area contributed by atoms with Gasteiger partial charge in [-0.05, 0) is 129 Å². The van der Waals surface area contributed by atoms with E-state index >= 15 is 0 Å². The number of phenolic OH excluding ortho intramolecular Hbond substituents is 2. The lowest BCUT2D eigenvalue weighted by atomic mass is 9.77. The van der Waals surface area contributed by atoms with Crippen molar-refractivity contribution < 1.29 is 57.8 Å². The van der Waals surface area contributed by atoms with Gasteiger partial charge < -0.3 is 54.2 Å². The molecule has 4 N–H and O–H groups in total. The third kappa shape index (κ3) is 10.9. The number of nitrogens with zero attached hydrogens (tertiary/aromatic N) is 2. The van der Waals surface area contributed by atoms with Gasteiger partial charge in [0.2, 0.25) is 0 Å². The normalized spacial score (nSPS) is 14.6. The molecule has 0 atom stereocenters. The number of carbonyl (C=O) groups excluding carboxylic acids is 4. The number of likely N-dealkylation sites (tertiary alicyclic amines) is 1. The van der Waals surface area contributed by atoms with Crippen molar-refractivity contribution in [3.8, 4) is 39.2 Å². The van der Waals surface area contributed by atoms with E-state index in [4.69, 9.17) is 40.6 Å². The van der Waals surface area contributed by atoms with Crippen LogP contribution >= 0.6 is 61.1 Å². The van der Waals surface area contributed by atoms with Crippen LogP contribution in [0.5, 0.6) is 28.7 Å². The second-order valence-electron chi connectivity index (χ2n) is 16.1. The molecule has 0 saturated carbocycles. The maximum atomic E-state index is 14.0. The van der Waals surface area contributed by atoms with Crippen LogP contribution in [0.2, 0.25) is 0 Å². The smallest absolute Gasteiger partial charge is 0.414 e. The van der Waals surface area contributed by atoms with Crippen LogP contribution in [-0.2, 0) is 29.3 Å². The van der Waals surface area contributed by atoms with Crippen LogP contribution in [0.3, 0.4) is 0 Å². The molecule has 4 heterocycles. The molecule has 5 aromatic rings. The van der Waals surface area contributed by atoms with Crippen LogP contribution in [0.25, 0.3) is 10.4 Å². The van der Waals surface area contributed by atoms with Gasteiger partial charge in [0.25, 0.3) is 0 Å². The van der Waals surface area contributed by atoms with Crippen molar-refractivity contribution in [2.75, 3.05) is 74.8 Å². The number of hydrogen-bond donors (Lipinski definition) is 4. The zero-order valence-electron chi connectivity index (χ0n) is 38.2. The molecule has 8 rings (SSSR count). The summed E-state index contributed by atoms with van der Waals surface area (Å²) in [6, 6.07) is 21.9. The number of ether oxygens (including phenoxy) is 6. The SMILES string of the molecule is CCOC(=O)COc1c(C(=O)OCC)sc(-c2cccc(N(C(=O)OCCSSCCNC(=S)Nc3ccc4c(c3)C(=O)OC43c4ccc(O)cc4Oc4cc(O)ccc43)C3CCN(C)CC3)c2)c1Br.